The van der Waals surface area contributed by atoms with Gasteiger partial charge in [-0.2, -0.15) is 0 Å². The van der Waals surface area contributed by atoms with Crippen molar-refractivity contribution < 1.29 is 0 Å². The monoisotopic (exact) mass is 198 g/mol. The molecular weight excluding hydrogens is 168 g/mol. The van der Waals surface area contributed by atoms with Gasteiger partial charge in [-0.05, 0) is 24.2 Å². The second-order valence-corrected chi connectivity index (χ2v) is 5.67. The van der Waals surface area contributed by atoms with Crippen molar-refractivity contribution in [1.82, 2.24) is 0 Å². The molecule has 0 saturated heterocycles. The Labute approximate surface area is 91.5 Å². The highest BCUT2D eigenvalue weighted by atomic mass is 14.2. The fourth-order valence-electron chi connectivity index (χ4n) is 2.10. The zero-order chi connectivity index (χ0) is 11.0. The van der Waals surface area contributed by atoms with Crippen LogP contribution in [0.5, 0.6) is 0 Å². The molecular formula is C14H30. The van der Waals surface area contributed by atoms with Crippen LogP contribution >= 0.6 is 0 Å². The predicted molar refractivity (Wildman–Crippen MR) is 66.6 cm³/mol. The summed E-state index contributed by atoms with van der Waals surface area (Å²) in [5.74, 6) is 0.935. The minimum Gasteiger partial charge on any atom is -0.0654 e. The molecule has 0 aromatic carbocycles. The van der Waals surface area contributed by atoms with Crippen LogP contribution in [-0.4, -0.2) is 0 Å². The van der Waals surface area contributed by atoms with Crippen molar-refractivity contribution in [1.29, 1.82) is 0 Å². The third-order valence-electron chi connectivity index (χ3n) is 3.42. The van der Waals surface area contributed by atoms with Crippen molar-refractivity contribution >= 4 is 0 Å². The van der Waals surface area contributed by atoms with Gasteiger partial charge in [0.15, 0.2) is 0 Å². The van der Waals surface area contributed by atoms with Crippen molar-refractivity contribution in [3.63, 3.8) is 0 Å². The maximum atomic E-state index is 2.42. The number of rotatable bonds is 8. The van der Waals surface area contributed by atoms with E-state index in [1.165, 1.54) is 44.9 Å². The summed E-state index contributed by atoms with van der Waals surface area (Å²) >= 11 is 0. The molecule has 0 rings (SSSR count). The quantitative estimate of drug-likeness (QED) is 0.457. The lowest BCUT2D eigenvalue weighted by molar-refractivity contribution is 0.287. The lowest BCUT2D eigenvalue weighted by Crippen LogP contribution is -2.10. The van der Waals surface area contributed by atoms with Gasteiger partial charge >= 0.3 is 0 Å². The van der Waals surface area contributed by atoms with E-state index in [4.69, 9.17) is 0 Å². The first-order valence-corrected chi connectivity index (χ1v) is 6.52. The molecule has 1 atom stereocenters. The molecule has 86 valence electrons. The SMILES string of the molecule is CCCC(C)(C)CCCCC(C)CC. The average Bonchev–Trinajstić information content (AvgIpc) is 2.12. The van der Waals surface area contributed by atoms with E-state index in [-0.39, 0.29) is 0 Å². The summed E-state index contributed by atoms with van der Waals surface area (Å²) in [6.45, 7) is 11.8. The topological polar surface area (TPSA) is 0 Å². The van der Waals surface area contributed by atoms with Crippen molar-refractivity contribution in [3.05, 3.63) is 0 Å². The van der Waals surface area contributed by atoms with E-state index in [0.29, 0.717) is 5.41 Å². The molecule has 0 aromatic heterocycles. The Balaban J connectivity index is 3.43. The van der Waals surface area contributed by atoms with Crippen LogP contribution in [0.15, 0.2) is 0 Å². The van der Waals surface area contributed by atoms with Gasteiger partial charge in [0, 0.05) is 0 Å². The van der Waals surface area contributed by atoms with Gasteiger partial charge in [0.25, 0.3) is 0 Å². The summed E-state index contributed by atoms with van der Waals surface area (Å²) in [5.41, 5.74) is 0.588. The molecule has 0 radical (unpaired) electrons. The van der Waals surface area contributed by atoms with Crippen molar-refractivity contribution in [2.45, 2.75) is 79.6 Å². The lowest BCUT2D eigenvalue weighted by atomic mass is 9.82. The van der Waals surface area contributed by atoms with E-state index >= 15 is 0 Å². The second-order valence-electron chi connectivity index (χ2n) is 5.67. The Morgan fingerprint density at radius 1 is 1.00 bits per heavy atom. The molecule has 0 aliphatic heterocycles. The first-order chi connectivity index (χ1) is 6.52. The van der Waals surface area contributed by atoms with Gasteiger partial charge in [-0.1, -0.05) is 66.7 Å². The van der Waals surface area contributed by atoms with Crippen LogP contribution in [0.2, 0.25) is 0 Å². The summed E-state index contributed by atoms with van der Waals surface area (Å²) in [6.07, 6.45) is 9.77. The number of unbranched alkanes of at least 4 members (excludes halogenated alkanes) is 1. The molecule has 0 nitrogen and oxygen atoms in total. The van der Waals surface area contributed by atoms with Gasteiger partial charge < -0.3 is 0 Å². The third-order valence-corrected chi connectivity index (χ3v) is 3.42. The largest absolute Gasteiger partial charge is 0.0654 e. The molecule has 0 heterocycles. The fourth-order valence-corrected chi connectivity index (χ4v) is 2.10. The second kappa shape index (κ2) is 7.31. The molecule has 1 unspecified atom stereocenters. The number of hydrogen-bond acceptors (Lipinski definition) is 0. The molecule has 0 amide bonds. The predicted octanol–water partition coefficient (Wildman–Crippen LogP) is 5.42. The molecule has 0 aromatic rings. The highest BCUT2D eigenvalue weighted by molar-refractivity contribution is 4.67. The Hall–Kier alpha value is 0. The van der Waals surface area contributed by atoms with Crippen LogP contribution in [-0.2, 0) is 0 Å². The Morgan fingerprint density at radius 3 is 2.14 bits per heavy atom. The highest BCUT2D eigenvalue weighted by Crippen LogP contribution is 2.29. The minimum atomic E-state index is 0.588. The fraction of sp³-hybridized carbons (Fsp3) is 1.00. The van der Waals surface area contributed by atoms with Crippen LogP contribution < -0.4 is 0 Å². The van der Waals surface area contributed by atoms with Gasteiger partial charge in [-0.3, -0.25) is 0 Å². The van der Waals surface area contributed by atoms with E-state index in [1.807, 2.05) is 0 Å². The van der Waals surface area contributed by atoms with Gasteiger partial charge in [0.2, 0.25) is 0 Å². The maximum Gasteiger partial charge on any atom is -0.0354 e. The zero-order valence-corrected chi connectivity index (χ0v) is 11.0. The van der Waals surface area contributed by atoms with Crippen LogP contribution in [0.1, 0.15) is 79.6 Å². The zero-order valence-electron chi connectivity index (χ0n) is 11.0. The molecule has 0 saturated carbocycles. The normalized spacial score (nSPS) is 14.4. The summed E-state index contributed by atoms with van der Waals surface area (Å²) in [7, 11) is 0. The van der Waals surface area contributed by atoms with Crippen LogP contribution in [0.3, 0.4) is 0 Å². The van der Waals surface area contributed by atoms with Crippen LogP contribution in [0.4, 0.5) is 0 Å². The molecule has 0 N–H and O–H groups in total. The first-order valence-electron chi connectivity index (χ1n) is 6.52. The van der Waals surface area contributed by atoms with E-state index in [1.54, 1.807) is 0 Å². The molecule has 0 bridgehead atoms. The molecule has 0 aliphatic carbocycles. The molecule has 0 fully saturated rings. The number of hydrogen-bond donors (Lipinski definition) is 0. The molecule has 0 spiro atoms. The average molecular weight is 198 g/mol. The summed E-state index contributed by atoms with van der Waals surface area (Å²) in [4.78, 5) is 0. The van der Waals surface area contributed by atoms with E-state index in [2.05, 4.69) is 34.6 Å². The standard InChI is InChI=1S/C14H30/c1-6-11-14(4,5)12-9-8-10-13(3)7-2/h13H,6-12H2,1-5H3. The van der Waals surface area contributed by atoms with Crippen molar-refractivity contribution in [2.24, 2.45) is 11.3 Å². The van der Waals surface area contributed by atoms with Gasteiger partial charge in [0.1, 0.15) is 0 Å². The summed E-state index contributed by atoms with van der Waals surface area (Å²) < 4.78 is 0. The van der Waals surface area contributed by atoms with Crippen molar-refractivity contribution in [3.8, 4) is 0 Å². The van der Waals surface area contributed by atoms with E-state index < -0.39 is 0 Å². The van der Waals surface area contributed by atoms with E-state index in [0.717, 1.165) is 5.92 Å². The lowest BCUT2D eigenvalue weighted by Gasteiger charge is -2.24. The third kappa shape index (κ3) is 7.41. The van der Waals surface area contributed by atoms with Gasteiger partial charge in [-0.25, -0.2) is 0 Å². The van der Waals surface area contributed by atoms with Crippen molar-refractivity contribution in [2.75, 3.05) is 0 Å². The Bertz CT molecular complexity index is 124. The molecule has 0 aliphatic rings. The molecule has 0 heteroatoms. The van der Waals surface area contributed by atoms with E-state index in [9.17, 15) is 0 Å². The maximum absolute atomic E-state index is 2.42. The summed E-state index contributed by atoms with van der Waals surface area (Å²) in [5, 5.41) is 0. The summed E-state index contributed by atoms with van der Waals surface area (Å²) in [6, 6.07) is 0. The Kier molecular flexibility index (Phi) is 7.31. The molecule has 14 heavy (non-hydrogen) atoms. The van der Waals surface area contributed by atoms with Gasteiger partial charge in [-0.15, -0.1) is 0 Å². The Morgan fingerprint density at radius 2 is 1.64 bits per heavy atom. The smallest absolute Gasteiger partial charge is 0.0354 e. The van der Waals surface area contributed by atoms with Gasteiger partial charge in [0.05, 0.1) is 0 Å². The minimum absolute atomic E-state index is 0.588. The van der Waals surface area contributed by atoms with Crippen LogP contribution in [0, 0.1) is 11.3 Å². The highest BCUT2D eigenvalue weighted by Gasteiger charge is 2.15. The van der Waals surface area contributed by atoms with Crippen LogP contribution in [0.25, 0.3) is 0 Å². The first kappa shape index (κ1) is 14.0.